The lowest BCUT2D eigenvalue weighted by molar-refractivity contribution is -0.154. The summed E-state index contributed by atoms with van der Waals surface area (Å²) in [6.45, 7) is -1.91. The molecule has 0 unspecified atom stereocenters. The van der Waals surface area contributed by atoms with Gasteiger partial charge in [0.25, 0.3) is 0 Å². The van der Waals surface area contributed by atoms with Gasteiger partial charge >= 0.3 is 11.9 Å². The molecule has 0 radical (unpaired) electrons. The Morgan fingerprint density at radius 1 is 1.60 bits per heavy atom. The maximum absolute atomic E-state index is 10.4. The second-order valence-electron chi connectivity index (χ2n) is 1.64. The Hall–Kier alpha value is -1.06. The van der Waals surface area contributed by atoms with E-state index in [1.807, 2.05) is 0 Å². The highest BCUT2D eigenvalue weighted by Crippen LogP contribution is 2.05. The van der Waals surface area contributed by atoms with Crippen LogP contribution in [0.15, 0.2) is 0 Å². The molecule has 0 fully saturated rings. The molecule has 2 N–H and O–H groups in total. The highest BCUT2D eigenvalue weighted by molar-refractivity contribution is 5.92. The van der Waals surface area contributed by atoms with Crippen molar-refractivity contribution in [3.05, 3.63) is 0 Å². The third-order valence-corrected chi connectivity index (χ3v) is 0.918. The minimum absolute atomic E-state index is 0.880. The van der Waals surface area contributed by atoms with Gasteiger partial charge in [-0.3, -0.25) is 9.59 Å². The highest BCUT2D eigenvalue weighted by atomic mass is 16.4. The lowest BCUT2D eigenvalue weighted by Crippen LogP contribution is -2.22. The molecule has 0 saturated heterocycles. The first-order valence-electron chi connectivity index (χ1n) is 4.64. The molecule has 4 heteroatoms. The minimum Gasteiger partial charge on any atom is -0.481 e. The molecule has 0 aliphatic rings. The van der Waals surface area contributed by atoms with Crippen molar-refractivity contribution in [1.29, 1.82) is 0 Å². The highest BCUT2D eigenvalue weighted by Gasteiger charge is 2.23. The summed E-state index contributed by atoms with van der Waals surface area (Å²) in [5, 5.41) is 16.8. The molecule has 4 nitrogen and oxygen atoms in total. The Bertz CT molecular complexity index is 226. The van der Waals surface area contributed by atoms with E-state index in [1.54, 1.807) is 0 Å². The first kappa shape index (κ1) is 3.95. The number of carboxylic acid groups (broad SMARTS) is 2. The molecule has 0 heterocycles. The van der Waals surface area contributed by atoms with Gasteiger partial charge in [-0.25, -0.2) is 0 Å². The van der Waals surface area contributed by atoms with Gasteiger partial charge in [0.05, 0.1) is 0 Å². The van der Waals surface area contributed by atoms with Gasteiger partial charge in [-0.05, 0) is 6.42 Å². The molecule has 10 heavy (non-hydrogen) atoms. The van der Waals surface area contributed by atoms with Crippen LogP contribution in [0.2, 0.25) is 0 Å². The predicted octanol–water partition coefficient (Wildman–Crippen LogP) is 0.572. The molecular weight excluding hydrogens is 136 g/mol. The van der Waals surface area contributed by atoms with Crippen molar-refractivity contribution in [1.82, 2.24) is 0 Å². The van der Waals surface area contributed by atoms with E-state index in [0.717, 1.165) is 0 Å². The van der Waals surface area contributed by atoms with Crippen molar-refractivity contribution in [3.63, 3.8) is 0 Å². The second kappa shape index (κ2) is 3.87. The number of hydrogen-bond donors (Lipinski definition) is 2. The molecule has 0 aliphatic carbocycles. The monoisotopic (exact) mass is 150 g/mol. The average molecular weight is 150 g/mol. The molecule has 0 spiro atoms. The zero-order chi connectivity index (χ0) is 11.5. The zero-order valence-corrected chi connectivity index (χ0v) is 5.07. The third kappa shape index (κ3) is 2.48. The van der Waals surface area contributed by atoms with E-state index >= 15 is 0 Å². The van der Waals surface area contributed by atoms with Gasteiger partial charge in [0.1, 0.15) is 0 Å². The number of aliphatic carboxylic acids is 2. The lowest BCUT2D eigenvalue weighted by Gasteiger charge is -2.02. The van der Waals surface area contributed by atoms with Crippen molar-refractivity contribution in [3.8, 4) is 0 Å². The van der Waals surface area contributed by atoms with Gasteiger partial charge < -0.3 is 10.2 Å². The average Bonchev–Trinajstić information content (AvgIpc) is 1.98. The summed E-state index contributed by atoms with van der Waals surface area (Å²) in [5.41, 5.74) is 0. The van der Waals surface area contributed by atoms with E-state index in [0.29, 0.717) is 0 Å². The maximum Gasteiger partial charge on any atom is 0.317 e. The fourth-order valence-electron chi connectivity index (χ4n) is 0.398. The summed E-state index contributed by atoms with van der Waals surface area (Å²) < 4.78 is 27.6. The van der Waals surface area contributed by atoms with Gasteiger partial charge in [0.15, 0.2) is 5.92 Å². The molecule has 58 valence electrons. The van der Waals surface area contributed by atoms with Gasteiger partial charge in [-0.1, -0.05) is 13.2 Å². The number of hydrogen-bond acceptors (Lipinski definition) is 2. The van der Waals surface area contributed by atoms with Crippen molar-refractivity contribution in [2.45, 2.75) is 19.7 Å². The van der Waals surface area contributed by atoms with Crippen LogP contribution in [0.4, 0.5) is 0 Å². The lowest BCUT2D eigenvalue weighted by atomic mass is 10.1. The molecule has 0 bridgehead atoms. The van der Waals surface area contributed by atoms with Gasteiger partial charge in [0.2, 0.25) is 0 Å². The fraction of sp³-hybridized carbons (Fsp3) is 0.667. The van der Waals surface area contributed by atoms with Crippen LogP contribution in [0.3, 0.4) is 0 Å². The molecule has 0 saturated carbocycles. The molecular formula is C6H10O4. The summed E-state index contributed by atoms with van der Waals surface area (Å²) in [5.74, 6) is -5.24. The number of rotatable bonds is 4. The largest absolute Gasteiger partial charge is 0.481 e. The van der Waals surface area contributed by atoms with Crippen LogP contribution in [0.5, 0.6) is 0 Å². The first-order chi connectivity index (χ1) is 6.18. The van der Waals surface area contributed by atoms with E-state index in [1.165, 1.54) is 0 Å². The predicted molar refractivity (Wildman–Crippen MR) is 33.7 cm³/mol. The molecule has 0 aromatic heterocycles. The Balaban J connectivity index is 4.61. The smallest absolute Gasteiger partial charge is 0.317 e. The Morgan fingerprint density at radius 3 is 2.40 bits per heavy atom. The molecule has 0 aromatic rings. The summed E-state index contributed by atoms with van der Waals surface area (Å²) in [4.78, 5) is 20.7. The normalized spacial score (nSPS) is 17.4. The minimum atomic E-state index is -2.44. The molecule has 0 aromatic carbocycles. The maximum atomic E-state index is 10.4. The van der Waals surface area contributed by atoms with Crippen LogP contribution in [-0.2, 0) is 9.59 Å². The summed E-state index contributed by atoms with van der Waals surface area (Å²) in [7, 11) is 0. The van der Waals surface area contributed by atoms with E-state index < -0.39 is 37.5 Å². The van der Waals surface area contributed by atoms with Crippen LogP contribution in [0.1, 0.15) is 25.2 Å². The Morgan fingerprint density at radius 2 is 2.10 bits per heavy atom. The standard InChI is InChI=1S/C6H10O4/c1-2-3-4(5(7)8)6(9)10/h4H,2-3H2,1H3,(H,7,8)(H,9,10)/i1D2,2D2. The van der Waals surface area contributed by atoms with E-state index in [-0.39, 0.29) is 0 Å². The van der Waals surface area contributed by atoms with Crippen LogP contribution in [-0.4, -0.2) is 22.2 Å². The topological polar surface area (TPSA) is 74.6 Å². The zero-order valence-electron chi connectivity index (χ0n) is 9.07. The van der Waals surface area contributed by atoms with E-state index in [4.69, 9.17) is 15.7 Å². The Kier molecular flexibility index (Phi) is 1.53. The van der Waals surface area contributed by atoms with Crippen LogP contribution in [0.25, 0.3) is 0 Å². The first-order valence-corrected chi connectivity index (χ1v) is 2.48. The van der Waals surface area contributed by atoms with E-state index in [2.05, 4.69) is 0 Å². The van der Waals surface area contributed by atoms with E-state index in [9.17, 15) is 9.59 Å². The van der Waals surface area contributed by atoms with Crippen LogP contribution >= 0.6 is 0 Å². The third-order valence-electron chi connectivity index (χ3n) is 0.918. The summed E-state index contributed by atoms with van der Waals surface area (Å²) in [6, 6.07) is 0. The second-order valence-corrected chi connectivity index (χ2v) is 1.64. The molecule has 0 aliphatic heterocycles. The van der Waals surface area contributed by atoms with Gasteiger partial charge in [-0.15, -0.1) is 0 Å². The number of carboxylic acids is 2. The van der Waals surface area contributed by atoms with Crippen molar-refractivity contribution < 1.29 is 25.3 Å². The van der Waals surface area contributed by atoms with Gasteiger partial charge in [-0.2, -0.15) is 0 Å². The molecule has 0 atom stereocenters. The molecule has 0 amide bonds. The number of carbonyl (C=O) groups is 2. The fourth-order valence-corrected chi connectivity index (χ4v) is 0.398. The van der Waals surface area contributed by atoms with Crippen molar-refractivity contribution in [2.24, 2.45) is 5.92 Å². The quantitative estimate of drug-likeness (QED) is 0.574. The van der Waals surface area contributed by atoms with Crippen molar-refractivity contribution in [2.75, 3.05) is 0 Å². The van der Waals surface area contributed by atoms with Gasteiger partial charge in [0, 0.05) is 5.48 Å². The Labute approximate surface area is 64.1 Å². The summed E-state index contributed by atoms with van der Waals surface area (Å²) >= 11 is 0. The van der Waals surface area contributed by atoms with Crippen molar-refractivity contribution >= 4 is 11.9 Å². The van der Waals surface area contributed by atoms with Crippen LogP contribution < -0.4 is 0 Å². The molecule has 0 rings (SSSR count). The summed E-state index contributed by atoms with van der Waals surface area (Å²) in [6.07, 6.45) is -3.32. The van der Waals surface area contributed by atoms with Crippen LogP contribution in [0, 0.1) is 5.92 Å². The SMILES string of the molecule is [2H]C([2H])C([2H])([2H])CC(C(=O)O)C(=O)O.